The third-order valence-corrected chi connectivity index (χ3v) is 4.07. The van der Waals surface area contributed by atoms with Crippen LogP contribution < -0.4 is 5.32 Å². The van der Waals surface area contributed by atoms with Gasteiger partial charge in [0.1, 0.15) is 0 Å². The predicted molar refractivity (Wildman–Crippen MR) is 74.7 cm³/mol. The lowest BCUT2D eigenvalue weighted by molar-refractivity contribution is 0.0433. The number of carbonyl (C=O) groups is 1. The molecule has 1 fully saturated rings. The monoisotopic (exact) mass is 282 g/mol. The molecular formula is C14H19ClN2O2. The zero-order valence-corrected chi connectivity index (χ0v) is 12.1. The number of rotatable bonds is 3. The Morgan fingerprint density at radius 1 is 1.42 bits per heavy atom. The normalized spacial score (nSPS) is 18.1. The SMILES string of the molecule is Cc1ccc(C(=O)NC2(CCl)CCOCC2)c(C)n1. The van der Waals surface area contributed by atoms with Crippen molar-refractivity contribution in [3.05, 3.63) is 29.1 Å². The number of hydrogen-bond acceptors (Lipinski definition) is 3. The van der Waals surface area contributed by atoms with E-state index in [0.717, 1.165) is 24.2 Å². The van der Waals surface area contributed by atoms with Crippen molar-refractivity contribution in [1.82, 2.24) is 10.3 Å². The molecule has 0 spiro atoms. The molecule has 1 aromatic rings. The standard InChI is InChI=1S/C14H19ClN2O2/c1-10-3-4-12(11(2)16-10)13(18)17-14(9-15)5-7-19-8-6-14/h3-4H,5-9H2,1-2H3,(H,17,18). The van der Waals surface area contributed by atoms with E-state index in [1.165, 1.54) is 0 Å². The quantitative estimate of drug-likeness (QED) is 0.865. The third-order valence-electron chi connectivity index (χ3n) is 3.55. The fraction of sp³-hybridized carbons (Fsp3) is 0.571. The average molecular weight is 283 g/mol. The number of amides is 1. The van der Waals surface area contributed by atoms with Gasteiger partial charge in [-0.05, 0) is 38.8 Å². The van der Waals surface area contributed by atoms with Gasteiger partial charge in [0.25, 0.3) is 5.91 Å². The minimum atomic E-state index is -0.353. The summed E-state index contributed by atoms with van der Waals surface area (Å²) in [5.41, 5.74) is 1.91. The van der Waals surface area contributed by atoms with Crippen LogP contribution in [0.5, 0.6) is 0 Å². The molecule has 2 heterocycles. The number of ether oxygens (including phenoxy) is 1. The highest BCUT2D eigenvalue weighted by atomic mass is 35.5. The molecule has 4 nitrogen and oxygen atoms in total. The molecule has 0 aromatic carbocycles. The van der Waals surface area contributed by atoms with Crippen LogP contribution >= 0.6 is 11.6 Å². The number of nitrogens with zero attached hydrogens (tertiary/aromatic N) is 1. The van der Waals surface area contributed by atoms with Crippen LogP contribution in [0.3, 0.4) is 0 Å². The molecule has 0 bridgehead atoms. The molecule has 1 aromatic heterocycles. The smallest absolute Gasteiger partial charge is 0.253 e. The first kappa shape index (κ1) is 14.3. The molecule has 104 valence electrons. The molecule has 2 rings (SSSR count). The van der Waals surface area contributed by atoms with Crippen LogP contribution in [0, 0.1) is 13.8 Å². The fourth-order valence-corrected chi connectivity index (χ4v) is 2.62. The van der Waals surface area contributed by atoms with E-state index in [4.69, 9.17) is 16.3 Å². The van der Waals surface area contributed by atoms with Crippen LogP contribution in [0.25, 0.3) is 0 Å². The van der Waals surface area contributed by atoms with Crippen LogP contribution in [0.2, 0.25) is 0 Å². The maximum absolute atomic E-state index is 12.4. The lowest BCUT2D eigenvalue weighted by Crippen LogP contribution is -2.53. The van der Waals surface area contributed by atoms with Gasteiger partial charge < -0.3 is 10.1 Å². The molecule has 0 radical (unpaired) electrons. The molecule has 0 aliphatic carbocycles. The maximum Gasteiger partial charge on any atom is 0.253 e. The Hall–Kier alpha value is -1.13. The Morgan fingerprint density at radius 2 is 2.11 bits per heavy atom. The number of hydrogen-bond donors (Lipinski definition) is 1. The van der Waals surface area contributed by atoms with Crippen LogP contribution in [0.4, 0.5) is 0 Å². The summed E-state index contributed by atoms with van der Waals surface area (Å²) in [6.45, 7) is 5.03. The minimum absolute atomic E-state index is 0.104. The fourth-order valence-electron chi connectivity index (χ4n) is 2.29. The Labute approximate surface area is 118 Å². The number of halogens is 1. The highest BCUT2D eigenvalue weighted by Crippen LogP contribution is 2.23. The van der Waals surface area contributed by atoms with Crippen LogP contribution in [-0.2, 0) is 4.74 Å². The molecule has 0 unspecified atom stereocenters. The summed E-state index contributed by atoms with van der Waals surface area (Å²) in [6.07, 6.45) is 1.50. The molecule has 0 atom stereocenters. The largest absolute Gasteiger partial charge is 0.381 e. The number of carbonyl (C=O) groups excluding carboxylic acids is 1. The molecule has 1 N–H and O–H groups in total. The van der Waals surface area contributed by atoms with Gasteiger partial charge in [0.05, 0.1) is 16.8 Å². The summed E-state index contributed by atoms with van der Waals surface area (Å²) in [5.74, 6) is 0.299. The van der Waals surface area contributed by atoms with E-state index in [1.807, 2.05) is 26.0 Å². The van der Waals surface area contributed by atoms with Crippen molar-refractivity contribution < 1.29 is 9.53 Å². The first-order valence-corrected chi connectivity index (χ1v) is 7.00. The van der Waals surface area contributed by atoms with Gasteiger partial charge in [-0.3, -0.25) is 9.78 Å². The molecule has 1 aliphatic heterocycles. The molecule has 19 heavy (non-hydrogen) atoms. The van der Waals surface area contributed by atoms with Crippen LogP contribution in [0.15, 0.2) is 12.1 Å². The van der Waals surface area contributed by atoms with Crippen molar-refractivity contribution in [1.29, 1.82) is 0 Å². The van der Waals surface area contributed by atoms with Gasteiger partial charge in [-0.1, -0.05) is 0 Å². The highest BCUT2D eigenvalue weighted by Gasteiger charge is 2.33. The van der Waals surface area contributed by atoms with Crippen molar-refractivity contribution in [2.45, 2.75) is 32.2 Å². The van der Waals surface area contributed by atoms with Crippen molar-refractivity contribution in [2.24, 2.45) is 0 Å². The minimum Gasteiger partial charge on any atom is -0.381 e. The number of pyridine rings is 1. The first-order valence-electron chi connectivity index (χ1n) is 6.47. The predicted octanol–water partition coefficient (Wildman–Crippen LogP) is 2.22. The maximum atomic E-state index is 12.4. The van der Waals surface area contributed by atoms with Crippen LogP contribution in [0.1, 0.15) is 34.6 Å². The second-order valence-electron chi connectivity index (χ2n) is 5.07. The van der Waals surface area contributed by atoms with Crippen molar-refractivity contribution in [2.75, 3.05) is 19.1 Å². The highest BCUT2D eigenvalue weighted by molar-refractivity contribution is 6.19. The van der Waals surface area contributed by atoms with Crippen LogP contribution in [-0.4, -0.2) is 35.5 Å². The zero-order chi connectivity index (χ0) is 13.9. The summed E-state index contributed by atoms with van der Waals surface area (Å²) in [6, 6.07) is 3.66. The van der Waals surface area contributed by atoms with E-state index < -0.39 is 0 Å². The zero-order valence-electron chi connectivity index (χ0n) is 11.3. The number of aryl methyl sites for hydroxylation is 2. The van der Waals surface area contributed by atoms with Crippen molar-refractivity contribution >= 4 is 17.5 Å². The Balaban J connectivity index is 2.15. The second kappa shape index (κ2) is 5.88. The van der Waals surface area contributed by atoms with Crippen molar-refractivity contribution in [3.63, 3.8) is 0 Å². The number of aromatic nitrogens is 1. The molecular weight excluding hydrogens is 264 g/mol. The van der Waals surface area contributed by atoms with E-state index in [0.29, 0.717) is 24.7 Å². The summed E-state index contributed by atoms with van der Waals surface area (Å²) >= 11 is 6.05. The van der Waals surface area contributed by atoms with E-state index in [-0.39, 0.29) is 11.4 Å². The van der Waals surface area contributed by atoms with E-state index in [9.17, 15) is 4.79 Å². The molecule has 1 saturated heterocycles. The van der Waals surface area contributed by atoms with Gasteiger partial charge in [0.2, 0.25) is 0 Å². The van der Waals surface area contributed by atoms with E-state index in [1.54, 1.807) is 0 Å². The van der Waals surface area contributed by atoms with E-state index in [2.05, 4.69) is 10.3 Å². The number of nitrogens with one attached hydrogen (secondary N) is 1. The topological polar surface area (TPSA) is 51.2 Å². The van der Waals surface area contributed by atoms with Gasteiger partial charge >= 0.3 is 0 Å². The second-order valence-corrected chi connectivity index (χ2v) is 5.33. The van der Waals surface area contributed by atoms with Gasteiger partial charge in [-0.25, -0.2) is 0 Å². The molecule has 0 saturated carbocycles. The van der Waals surface area contributed by atoms with Gasteiger partial charge in [-0.15, -0.1) is 11.6 Å². The van der Waals surface area contributed by atoms with Gasteiger partial charge in [-0.2, -0.15) is 0 Å². The lowest BCUT2D eigenvalue weighted by atomic mass is 9.91. The summed E-state index contributed by atoms with van der Waals surface area (Å²) in [7, 11) is 0. The Morgan fingerprint density at radius 3 is 2.68 bits per heavy atom. The van der Waals surface area contributed by atoms with E-state index >= 15 is 0 Å². The Bertz CT molecular complexity index is 471. The first-order chi connectivity index (χ1) is 9.06. The molecule has 5 heteroatoms. The third kappa shape index (κ3) is 3.25. The summed E-state index contributed by atoms with van der Waals surface area (Å²) in [5, 5.41) is 3.07. The summed E-state index contributed by atoms with van der Waals surface area (Å²) in [4.78, 5) is 16.7. The molecule has 1 amide bonds. The lowest BCUT2D eigenvalue weighted by Gasteiger charge is -2.36. The van der Waals surface area contributed by atoms with Gasteiger partial charge in [0.15, 0.2) is 0 Å². The Kier molecular flexibility index (Phi) is 4.42. The number of alkyl halides is 1. The summed E-state index contributed by atoms with van der Waals surface area (Å²) < 4.78 is 5.33. The molecule has 1 aliphatic rings. The van der Waals surface area contributed by atoms with Gasteiger partial charge in [0, 0.05) is 24.8 Å². The average Bonchev–Trinajstić information content (AvgIpc) is 2.39. The van der Waals surface area contributed by atoms with Crippen molar-refractivity contribution in [3.8, 4) is 0 Å².